The first kappa shape index (κ1) is 10.6. The number of nitrogens with one attached hydrogen (secondary N) is 1. The number of carbonyl (C=O) groups excluding carboxylic acids is 1. The maximum Gasteiger partial charge on any atom is 0.223 e. The first-order valence-corrected chi connectivity index (χ1v) is 5.62. The molecule has 0 atom stereocenters. The van der Waals surface area contributed by atoms with Crippen molar-refractivity contribution in [3.8, 4) is 11.3 Å². The van der Waals surface area contributed by atoms with Gasteiger partial charge in [-0.05, 0) is 12.1 Å². The van der Waals surface area contributed by atoms with Crippen molar-refractivity contribution in [2.24, 2.45) is 0 Å². The van der Waals surface area contributed by atoms with E-state index >= 15 is 0 Å². The number of carbonyl (C=O) groups is 1. The van der Waals surface area contributed by atoms with E-state index in [0.29, 0.717) is 10.8 Å². The molecule has 0 spiro atoms. The fourth-order valence-corrected chi connectivity index (χ4v) is 2.08. The Bertz CT molecular complexity index is 521. The summed E-state index contributed by atoms with van der Waals surface area (Å²) in [6, 6.07) is 7.49. The first-order valence-electron chi connectivity index (χ1n) is 4.74. The number of rotatable bonds is 2. The third-order valence-corrected chi connectivity index (χ3v) is 2.73. The minimum Gasteiger partial charge on any atom is -0.399 e. The quantitative estimate of drug-likeness (QED) is 0.782. The number of nitrogen functional groups attached to an aromatic ring is 1. The highest BCUT2D eigenvalue weighted by Crippen LogP contribution is 2.25. The molecule has 4 nitrogen and oxygen atoms in total. The minimum atomic E-state index is -0.117. The van der Waals surface area contributed by atoms with Crippen LogP contribution in [0.4, 0.5) is 10.8 Å². The Hall–Kier alpha value is -1.88. The van der Waals surface area contributed by atoms with Crippen LogP contribution in [0, 0.1) is 0 Å². The van der Waals surface area contributed by atoms with Crippen LogP contribution < -0.4 is 11.1 Å². The van der Waals surface area contributed by atoms with Crippen LogP contribution in [0.5, 0.6) is 0 Å². The van der Waals surface area contributed by atoms with Crippen LogP contribution in [0.25, 0.3) is 11.3 Å². The summed E-state index contributed by atoms with van der Waals surface area (Å²) in [5.74, 6) is -0.117. The number of aromatic nitrogens is 1. The van der Waals surface area contributed by atoms with Gasteiger partial charge in [0.15, 0.2) is 5.13 Å². The lowest BCUT2D eigenvalue weighted by Gasteiger charge is -1.98. The molecule has 0 aliphatic carbocycles. The Morgan fingerprint density at radius 1 is 1.50 bits per heavy atom. The van der Waals surface area contributed by atoms with Gasteiger partial charge < -0.3 is 11.1 Å². The van der Waals surface area contributed by atoms with Gasteiger partial charge in [0.1, 0.15) is 0 Å². The predicted molar refractivity (Wildman–Crippen MR) is 66.3 cm³/mol. The van der Waals surface area contributed by atoms with Crippen molar-refractivity contribution in [2.75, 3.05) is 11.1 Å². The van der Waals surface area contributed by atoms with Crippen LogP contribution in [0.3, 0.4) is 0 Å². The highest BCUT2D eigenvalue weighted by atomic mass is 32.1. The van der Waals surface area contributed by atoms with Crippen LogP contribution >= 0.6 is 11.3 Å². The molecule has 0 fully saturated rings. The topological polar surface area (TPSA) is 68.0 Å². The maximum absolute atomic E-state index is 10.8. The number of anilines is 2. The zero-order valence-corrected chi connectivity index (χ0v) is 9.54. The molecule has 1 aromatic carbocycles. The second-order valence-electron chi connectivity index (χ2n) is 3.34. The van der Waals surface area contributed by atoms with E-state index in [4.69, 9.17) is 5.73 Å². The van der Waals surface area contributed by atoms with E-state index < -0.39 is 0 Å². The number of hydrogen-bond donors (Lipinski definition) is 2. The molecule has 5 heteroatoms. The van der Waals surface area contributed by atoms with Gasteiger partial charge in [-0.2, -0.15) is 0 Å². The van der Waals surface area contributed by atoms with Crippen LogP contribution in [-0.2, 0) is 4.79 Å². The Morgan fingerprint density at radius 3 is 3.00 bits per heavy atom. The van der Waals surface area contributed by atoms with E-state index in [9.17, 15) is 4.79 Å². The smallest absolute Gasteiger partial charge is 0.223 e. The largest absolute Gasteiger partial charge is 0.399 e. The Morgan fingerprint density at radius 2 is 2.31 bits per heavy atom. The molecule has 1 heterocycles. The minimum absolute atomic E-state index is 0.117. The molecule has 82 valence electrons. The molecule has 3 N–H and O–H groups in total. The zero-order chi connectivity index (χ0) is 11.5. The van der Waals surface area contributed by atoms with Gasteiger partial charge in [0.25, 0.3) is 0 Å². The van der Waals surface area contributed by atoms with Crippen LogP contribution in [0.1, 0.15) is 6.92 Å². The highest BCUT2D eigenvalue weighted by Gasteiger charge is 2.05. The van der Waals surface area contributed by atoms with Crippen LogP contribution in [0.15, 0.2) is 29.6 Å². The number of nitrogens with zero attached hydrogens (tertiary/aromatic N) is 1. The predicted octanol–water partition coefficient (Wildman–Crippen LogP) is 2.35. The average molecular weight is 233 g/mol. The molecule has 0 unspecified atom stereocenters. The summed E-state index contributed by atoms with van der Waals surface area (Å²) < 4.78 is 0. The zero-order valence-electron chi connectivity index (χ0n) is 8.73. The molecule has 0 saturated carbocycles. The SMILES string of the molecule is CC(=O)Nc1nc(-c2cccc(N)c2)cs1. The number of amides is 1. The molecule has 0 bridgehead atoms. The van der Waals surface area contributed by atoms with Gasteiger partial charge in [-0.3, -0.25) is 4.79 Å². The summed E-state index contributed by atoms with van der Waals surface area (Å²) in [5, 5.41) is 5.14. The lowest BCUT2D eigenvalue weighted by Crippen LogP contribution is -2.04. The summed E-state index contributed by atoms with van der Waals surface area (Å²) >= 11 is 1.39. The Labute approximate surface area is 97.1 Å². The third-order valence-electron chi connectivity index (χ3n) is 1.97. The molecule has 2 rings (SSSR count). The van der Waals surface area contributed by atoms with E-state index in [0.717, 1.165) is 11.3 Å². The molecule has 0 radical (unpaired) electrons. The van der Waals surface area contributed by atoms with Gasteiger partial charge in [0, 0.05) is 23.6 Å². The van der Waals surface area contributed by atoms with E-state index in [-0.39, 0.29) is 5.91 Å². The summed E-state index contributed by atoms with van der Waals surface area (Å²) in [5.41, 5.74) is 8.16. The number of thiazole rings is 1. The highest BCUT2D eigenvalue weighted by molar-refractivity contribution is 7.14. The normalized spacial score (nSPS) is 10.1. The molecule has 1 aromatic heterocycles. The van der Waals surface area contributed by atoms with Gasteiger partial charge in [-0.15, -0.1) is 11.3 Å². The van der Waals surface area contributed by atoms with Crippen LogP contribution in [0.2, 0.25) is 0 Å². The van der Waals surface area contributed by atoms with E-state index in [1.807, 2.05) is 29.6 Å². The van der Waals surface area contributed by atoms with E-state index in [1.54, 1.807) is 0 Å². The van der Waals surface area contributed by atoms with Gasteiger partial charge in [-0.25, -0.2) is 4.98 Å². The Kier molecular flexibility index (Phi) is 2.87. The van der Waals surface area contributed by atoms with Crippen molar-refractivity contribution < 1.29 is 4.79 Å². The summed E-state index contributed by atoms with van der Waals surface area (Å²) in [4.78, 5) is 15.1. The van der Waals surface area contributed by atoms with Crippen molar-refractivity contribution in [3.63, 3.8) is 0 Å². The molecule has 0 aliphatic heterocycles. The molecule has 2 aromatic rings. The second kappa shape index (κ2) is 4.32. The second-order valence-corrected chi connectivity index (χ2v) is 4.20. The van der Waals surface area contributed by atoms with Crippen LogP contribution in [-0.4, -0.2) is 10.9 Å². The van der Waals surface area contributed by atoms with Gasteiger partial charge >= 0.3 is 0 Å². The standard InChI is InChI=1S/C11H11N3OS/c1-7(15)13-11-14-10(6-16-11)8-3-2-4-9(12)5-8/h2-6H,12H2,1H3,(H,13,14,15). The molecular weight excluding hydrogens is 222 g/mol. The molecular formula is C11H11N3OS. The number of hydrogen-bond acceptors (Lipinski definition) is 4. The fraction of sp³-hybridized carbons (Fsp3) is 0.0909. The monoisotopic (exact) mass is 233 g/mol. The maximum atomic E-state index is 10.8. The van der Waals surface area contributed by atoms with Crippen molar-refractivity contribution >= 4 is 28.1 Å². The van der Waals surface area contributed by atoms with Gasteiger partial charge in [0.05, 0.1) is 5.69 Å². The van der Waals surface area contributed by atoms with E-state index in [2.05, 4.69) is 10.3 Å². The van der Waals surface area contributed by atoms with Crippen molar-refractivity contribution in [2.45, 2.75) is 6.92 Å². The molecule has 16 heavy (non-hydrogen) atoms. The lowest BCUT2D eigenvalue weighted by molar-refractivity contribution is -0.114. The number of benzene rings is 1. The van der Waals surface area contributed by atoms with Crippen molar-refractivity contribution in [1.29, 1.82) is 0 Å². The van der Waals surface area contributed by atoms with Crippen molar-refractivity contribution in [1.82, 2.24) is 4.98 Å². The van der Waals surface area contributed by atoms with Crippen molar-refractivity contribution in [3.05, 3.63) is 29.6 Å². The van der Waals surface area contributed by atoms with Gasteiger partial charge in [0.2, 0.25) is 5.91 Å². The first-order chi connectivity index (χ1) is 7.65. The Balaban J connectivity index is 2.28. The summed E-state index contributed by atoms with van der Waals surface area (Å²) in [6.07, 6.45) is 0. The lowest BCUT2D eigenvalue weighted by atomic mass is 10.1. The molecule has 1 amide bonds. The third kappa shape index (κ3) is 2.38. The average Bonchev–Trinajstić information content (AvgIpc) is 2.65. The molecule has 0 saturated heterocycles. The van der Waals surface area contributed by atoms with Gasteiger partial charge in [-0.1, -0.05) is 12.1 Å². The summed E-state index contributed by atoms with van der Waals surface area (Å²) in [6.45, 7) is 1.46. The number of nitrogens with two attached hydrogens (primary N) is 1. The summed E-state index contributed by atoms with van der Waals surface area (Å²) in [7, 11) is 0. The van der Waals surface area contributed by atoms with E-state index in [1.165, 1.54) is 18.3 Å². The molecule has 0 aliphatic rings. The fourth-order valence-electron chi connectivity index (χ4n) is 1.31.